The molecule has 1 heterocycles. The number of aliphatic hydroxyl groups is 1. The summed E-state index contributed by atoms with van der Waals surface area (Å²) < 4.78 is 0. The molecular formula is C13H17N3O2S. The zero-order valence-electron chi connectivity index (χ0n) is 10.5. The molecule has 0 radical (unpaired) electrons. The van der Waals surface area contributed by atoms with Crippen molar-refractivity contribution in [3.05, 3.63) is 29.6 Å². The molecule has 0 spiro atoms. The van der Waals surface area contributed by atoms with Crippen LogP contribution >= 0.6 is 12.2 Å². The summed E-state index contributed by atoms with van der Waals surface area (Å²) in [6.07, 6.45) is 4.59. The molecular weight excluding hydrogens is 262 g/mol. The van der Waals surface area contributed by atoms with Crippen LogP contribution in [0.1, 0.15) is 41.7 Å². The number of nitrogens with two attached hydrogens (primary N) is 1. The van der Waals surface area contributed by atoms with Gasteiger partial charge in [-0.25, -0.2) is 0 Å². The first kappa shape index (κ1) is 13.9. The molecule has 0 aliphatic heterocycles. The van der Waals surface area contributed by atoms with Crippen LogP contribution in [0.2, 0.25) is 0 Å². The first-order valence-corrected chi connectivity index (χ1v) is 6.73. The molecule has 1 saturated carbocycles. The Bertz CT molecular complexity index is 475. The van der Waals surface area contributed by atoms with E-state index in [-0.39, 0.29) is 16.9 Å². The van der Waals surface area contributed by atoms with E-state index in [1.807, 2.05) is 0 Å². The van der Waals surface area contributed by atoms with E-state index in [1.54, 1.807) is 12.1 Å². The molecule has 0 aromatic carbocycles. The Morgan fingerprint density at radius 2 is 2.16 bits per heavy atom. The van der Waals surface area contributed by atoms with Crippen molar-refractivity contribution in [2.24, 2.45) is 5.73 Å². The average molecular weight is 279 g/mol. The highest BCUT2D eigenvalue weighted by Crippen LogP contribution is 2.18. The normalized spacial score (nSPS) is 22.8. The second kappa shape index (κ2) is 6.08. The van der Waals surface area contributed by atoms with Crippen molar-refractivity contribution >= 4 is 23.1 Å². The minimum atomic E-state index is -0.464. The van der Waals surface area contributed by atoms with E-state index in [9.17, 15) is 9.90 Å². The van der Waals surface area contributed by atoms with Crippen LogP contribution in [0.15, 0.2) is 18.3 Å². The van der Waals surface area contributed by atoms with E-state index in [2.05, 4.69) is 10.3 Å². The zero-order valence-corrected chi connectivity index (χ0v) is 11.3. The third-order valence-corrected chi connectivity index (χ3v) is 3.56. The largest absolute Gasteiger partial charge is 0.391 e. The molecule has 1 aromatic rings. The van der Waals surface area contributed by atoms with Gasteiger partial charge in [0, 0.05) is 11.8 Å². The molecule has 2 rings (SSSR count). The predicted octanol–water partition coefficient (Wildman–Crippen LogP) is 0.749. The van der Waals surface area contributed by atoms with Crippen LogP contribution in [0.3, 0.4) is 0 Å². The molecule has 19 heavy (non-hydrogen) atoms. The average Bonchev–Trinajstić information content (AvgIpc) is 2.41. The summed E-state index contributed by atoms with van der Waals surface area (Å²) in [5.41, 5.74) is 6.40. The Morgan fingerprint density at radius 3 is 2.74 bits per heavy atom. The molecule has 1 aliphatic rings. The fraction of sp³-hybridized carbons (Fsp3) is 0.462. The van der Waals surface area contributed by atoms with E-state index in [0.717, 1.165) is 25.7 Å². The Kier molecular flexibility index (Phi) is 4.44. The summed E-state index contributed by atoms with van der Waals surface area (Å²) >= 11 is 4.82. The molecule has 1 amide bonds. The van der Waals surface area contributed by atoms with E-state index >= 15 is 0 Å². The SMILES string of the molecule is NC(=S)c1ccc(C(=O)NC2CCCCC2O)nc1. The Hall–Kier alpha value is -1.53. The smallest absolute Gasteiger partial charge is 0.270 e. The third-order valence-electron chi connectivity index (χ3n) is 3.33. The van der Waals surface area contributed by atoms with Gasteiger partial charge >= 0.3 is 0 Å². The van der Waals surface area contributed by atoms with Crippen molar-refractivity contribution < 1.29 is 9.90 Å². The number of aliphatic hydroxyl groups excluding tert-OH is 1. The van der Waals surface area contributed by atoms with Crippen molar-refractivity contribution in [2.45, 2.75) is 37.8 Å². The molecule has 0 bridgehead atoms. The van der Waals surface area contributed by atoms with Crippen molar-refractivity contribution in [1.29, 1.82) is 0 Å². The van der Waals surface area contributed by atoms with Gasteiger partial charge in [-0.1, -0.05) is 25.1 Å². The maximum Gasteiger partial charge on any atom is 0.270 e. The standard InChI is InChI=1S/C13H17N3O2S/c14-12(19)8-5-6-10(15-7-8)13(18)16-9-3-1-2-4-11(9)17/h5-7,9,11,17H,1-4H2,(H2,14,19)(H,16,18). The minimum absolute atomic E-state index is 0.182. The quantitative estimate of drug-likeness (QED) is 0.711. The fourth-order valence-corrected chi connectivity index (χ4v) is 2.32. The number of thiocarbonyl (C=S) groups is 1. The summed E-state index contributed by atoms with van der Waals surface area (Å²) in [4.78, 5) is 16.3. The summed E-state index contributed by atoms with van der Waals surface area (Å²) in [7, 11) is 0. The van der Waals surface area contributed by atoms with Gasteiger partial charge in [0.05, 0.1) is 12.1 Å². The second-order valence-corrected chi connectivity index (χ2v) is 5.17. The highest BCUT2D eigenvalue weighted by Gasteiger charge is 2.25. The van der Waals surface area contributed by atoms with Crippen molar-refractivity contribution in [3.8, 4) is 0 Å². The first-order valence-electron chi connectivity index (χ1n) is 6.32. The van der Waals surface area contributed by atoms with Gasteiger partial charge in [-0.15, -0.1) is 0 Å². The molecule has 2 unspecified atom stereocenters. The van der Waals surface area contributed by atoms with Crippen LogP contribution in [0.5, 0.6) is 0 Å². The molecule has 1 aliphatic carbocycles. The summed E-state index contributed by atoms with van der Waals surface area (Å²) in [5, 5.41) is 12.6. The second-order valence-electron chi connectivity index (χ2n) is 4.73. The topological polar surface area (TPSA) is 88.2 Å². The molecule has 2 atom stereocenters. The number of amides is 1. The summed E-state index contributed by atoms with van der Waals surface area (Å²) in [6.45, 7) is 0. The summed E-state index contributed by atoms with van der Waals surface area (Å²) in [5.74, 6) is -0.277. The van der Waals surface area contributed by atoms with Crippen molar-refractivity contribution in [3.63, 3.8) is 0 Å². The lowest BCUT2D eigenvalue weighted by Crippen LogP contribution is -2.45. The highest BCUT2D eigenvalue weighted by atomic mass is 32.1. The Morgan fingerprint density at radius 1 is 1.42 bits per heavy atom. The maximum absolute atomic E-state index is 12.0. The van der Waals surface area contributed by atoms with Crippen LogP contribution in [-0.4, -0.2) is 33.1 Å². The number of rotatable bonds is 3. The van der Waals surface area contributed by atoms with Crippen molar-refractivity contribution in [2.75, 3.05) is 0 Å². The van der Waals surface area contributed by atoms with E-state index in [4.69, 9.17) is 18.0 Å². The number of aromatic nitrogens is 1. The van der Waals surface area contributed by atoms with E-state index in [1.165, 1.54) is 6.20 Å². The van der Waals surface area contributed by atoms with E-state index < -0.39 is 6.10 Å². The van der Waals surface area contributed by atoms with Crippen molar-refractivity contribution in [1.82, 2.24) is 10.3 Å². The maximum atomic E-state index is 12.0. The lowest BCUT2D eigenvalue weighted by Gasteiger charge is -2.28. The molecule has 102 valence electrons. The first-order chi connectivity index (χ1) is 9.08. The van der Waals surface area contributed by atoms with Gasteiger partial charge in [0.2, 0.25) is 0 Å². The van der Waals surface area contributed by atoms with Gasteiger partial charge in [-0.3, -0.25) is 9.78 Å². The lowest BCUT2D eigenvalue weighted by molar-refractivity contribution is 0.0714. The molecule has 1 fully saturated rings. The van der Waals surface area contributed by atoms with Gasteiger partial charge in [-0.05, 0) is 25.0 Å². The number of pyridine rings is 1. The summed E-state index contributed by atoms with van der Waals surface area (Å²) in [6, 6.07) is 3.07. The molecule has 4 N–H and O–H groups in total. The van der Waals surface area contributed by atoms with Crippen LogP contribution in [0.4, 0.5) is 0 Å². The Labute approximate surface area is 117 Å². The van der Waals surface area contributed by atoms with Gasteiger partial charge in [-0.2, -0.15) is 0 Å². The number of hydrogen-bond donors (Lipinski definition) is 3. The number of carbonyl (C=O) groups excluding carboxylic acids is 1. The third kappa shape index (κ3) is 3.48. The van der Waals surface area contributed by atoms with Crippen LogP contribution in [0, 0.1) is 0 Å². The molecule has 1 aromatic heterocycles. The highest BCUT2D eigenvalue weighted by molar-refractivity contribution is 7.80. The van der Waals surface area contributed by atoms with Crippen LogP contribution < -0.4 is 11.1 Å². The van der Waals surface area contributed by atoms with Gasteiger partial charge in [0.25, 0.3) is 5.91 Å². The van der Waals surface area contributed by atoms with Crippen LogP contribution in [-0.2, 0) is 0 Å². The monoisotopic (exact) mass is 279 g/mol. The zero-order chi connectivity index (χ0) is 13.8. The number of carbonyl (C=O) groups is 1. The molecule has 0 saturated heterocycles. The molecule has 6 heteroatoms. The number of hydrogen-bond acceptors (Lipinski definition) is 4. The van der Waals surface area contributed by atoms with Crippen LogP contribution in [0.25, 0.3) is 0 Å². The Balaban J connectivity index is 2.01. The predicted molar refractivity (Wildman–Crippen MR) is 75.9 cm³/mol. The molecule has 5 nitrogen and oxygen atoms in total. The fourth-order valence-electron chi connectivity index (χ4n) is 2.20. The lowest BCUT2D eigenvalue weighted by atomic mass is 9.92. The van der Waals surface area contributed by atoms with Gasteiger partial charge < -0.3 is 16.2 Å². The van der Waals surface area contributed by atoms with Gasteiger partial charge in [0.15, 0.2) is 0 Å². The minimum Gasteiger partial charge on any atom is -0.391 e. The van der Waals surface area contributed by atoms with E-state index in [0.29, 0.717) is 11.3 Å². The van der Waals surface area contributed by atoms with Gasteiger partial charge in [0.1, 0.15) is 10.7 Å². The number of nitrogens with one attached hydrogen (secondary N) is 1. The number of nitrogens with zero attached hydrogens (tertiary/aromatic N) is 1.